The van der Waals surface area contributed by atoms with Crippen LogP contribution in [-0.4, -0.2) is 12.3 Å². The number of nitriles is 1. The summed E-state index contributed by atoms with van der Waals surface area (Å²) in [5, 5.41) is 7.78. The predicted molar refractivity (Wildman–Crippen MR) is 25.8 cm³/mol. The average molecular weight is 155 g/mol. The van der Waals surface area contributed by atoms with Crippen LogP contribution in [0.25, 0.3) is 0 Å². The fraction of sp³-hybridized carbons (Fsp3) is 0.800. The highest BCUT2D eigenvalue weighted by molar-refractivity contribution is 4.77. The van der Waals surface area contributed by atoms with Gasteiger partial charge in [-0.15, -0.1) is 0 Å². The lowest BCUT2D eigenvalue weighted by Gasteiger charge is -2.11. The molecule has 0 bridgehead atoms. The molecule has 0 aliphatic heterocycles. The van der Waals surface area contributed by atoms with Crippen molar-refractivity contribution in [3.05, 3.63) is 0 Å². The van der Waals surface area contributed by atoms with Gasteiger partial charge in [0, 0.05) is 12.8 Å². The molecule has 0 heterocycles. The quantitative estimate of drug-likeness (QED) is 0.573. The molecule has 0 unspecified atom stereocenters. The fourth-order valence-corrected chi connectivity index (χ4v) is 0.332. The molecule has 0 fully saturated rings. The normalized spacial score (nSPS) is 11.6. The van der Waals surface area contributed by atoms with Gasteiger partial charge in [0.05, 0.1) is 6.07 Å². The van der Waals surface area contributed by atoms with Crippen LogP contribution in [0.2, 0.25) is 0 Å². The molecular weight excluding hydrogens is 150 g/mol. The van der Waals surface area contributed by atoms with Crippen molar-refractivity contribution in [3.8, 4) is 6.07 Å². The summed E-state index contributed by atoms with van der Waals surface area (Å²) in [6.07, 6.45) is -5.28. The first-order valence-electron chi connectivity index (χ1n) is 2.53. The number of nitrogens with zero attached hydrogens (tertiary/aromatic N) is 1. The van der Waals surface area contributed by atoms with E-state index in [9.17, 15) is 17.6 Å². The van der Waals surface area contributed by atoms with Crippen molar-refractivity contribution in [2.45, 2.75) is 25.2 Å². The van der Waals surface area contributed by atoms with Crippen LogP contribution in [0.3, 0.4) is 0 Å². The average Bonchev–Trinajstić information content (AvgIpc) is 1.84. The summed E-state index contributed by atoms with van der Waals surface area (Å²) in [6, 6.07) is 1.37. The van der Waals surface area contributed by atoms with Crippen molar-refractivity contribution in [1.82, 2.24) is 0 Å². The van der Waals surface area contributed by atoms with E-state index in [4.69, 9.17) is 5.26 Å². The van der Waals surface area contributed by atoms with Crippen LogP contribution in [0.1, 0.15) is 12.8 Å². The number of alkyl halides is 4. The third-order valence-corrected chi connectivity index (χ3v) is 0.889. The standard InChI is InChI=1S/C5H5F4N/c6-4(7)5(8,9)2-1-3-10/h4H,1-2H2. The van der Waals surface area contributed by atoms with Gasteiger partial charge in [-0.05, 0) is 0 Å². The monoisotopic (exact) mass is 155 g/mol. The Kier molecular flexibility index (Phi) is 3.13. The van der Waals surface area contributed by atoms with Gasteiger partial charge in [0.15, 0.2) is 0 Å². The Morgan fingerprint density at radius 3 is 2.20 bits per heavy atom. The van der Waals surface area contributed by atoms with Gasteiger partial charge in [-0.1, -0.05) is 0 Å². The second-order valence-electron chi connectivity index (χ2n) is 1.72. The van der Waals surface area contributed by atoms with Gasteiger partial charge in [0.25, 0.3) is 0 Å². The van der Waals surface area contributed by atoms with E-state index in [0.717, 1.165) is 0 Å². The van der Waals surface area contributed by atoms with E-state index in [1.807, 2.05) is 0 Å². The molecule has 0 aromatic heterocycles. The van der Waals surface area contributed by atoms with Gasteiger partial charge < -0.3 is 0 Å². The number of hydrogen-bond acceptors (Lipinski definition) is 1. The molecule has 0 radical (unpaired) electrons. The third-order valence-electron chi connectivity index (χ3n) is 0.889. The maximum atomic E-state index is 11.8. The van der Waals surface area contributed by atoms with Crippen LogP contribution < -0.4 is 0 Å². The lowest BCUT2D eigenvalue weighted by atomic mass is 10.2. The molecule has 0 aliphatic carbocycles. The van der Waals surface area contributed by atoms with Crippen molar-refractivity contribution in [3.63, 3.8) is 0 Å². The summed E-state index contributed by atoms with van der Waals surface area (Å²) >= 11 is 0. The number of hydrogen-bond donors (Lipinski definition) is 0. The Balaban J connectivity index is 3.77. The van der Waals surface area contributed by atoms with Gasteiger partial charge in [0.1, 0.15) is 0 Å². The molecule has 5 heteroatoms. The van der Waals surface area contributed by atoms with E-state index < -0.39 is 25.2 Å². The second kappa shape index (κ2) is 3.40. The van der Waals surface area contributed by atoms with E-state index >= 15 is 0 Å². The molecule has 0 amide bonds. The third kappa shape index (κ3) is 2.67. The van der Waals surface area contributed by atoms with Crippen molar-refractivity contribution in [2.75, 3.05) is 0 Å². The smallest absolute Gasteiger partial charge is 0.204 e. The highest BCUT2D eigenvalue weighted by Gasteiger charge is 2.39. The molecule has 0 saturated heterocycles. The van der Waals surface area contributed by atoms with Crippen molar-refractivity contribution >= 4 is 0 Å². The Morgan fingerprint density at radius 1 is 1.40 bits per heavy atom. The van der Waals surface area contributed by atoms with E-state index in [0.29, 0.717) is 0 Å². The van der Waals surface area contributed by atoms with Gasteiger partial charge in [-0.2, -0.15) is 5.26 Å². The minimum absolute atomic E-state index is 0.544. The van der Waals surface area contributed by atoms with Crippen LogP contribution in [0.15, 0.2) is 0 Å². The van der Waals surface area contributed by atoms with Crippen molar-refractivity contribution < 1.29 is 17.6 Å². The van der Waals surface area contributed by atoms with Gasteiger partial charge in [-0.25, -0.2) is 17.6 Å². The molecule has 0 rings (SSSR count). The second-order valence-corrected chi connectivity index (χ2v) is 1.72. The molecule has 1 nitrogen and oxygen atoms in total. The summed E-state index contributed by atoms with van der Waals surface area (Å²) in [4.78, 5) is 0. The Labute approximate surface area is 55.3 Å². The first kappa shape index (κ1) is 9.21. The maximum absolute atomic E-state index is 11.8. The maximum Gasteiger partial charge on any atom is 0.308 e. The number of halogens is 4. The lowest BCUT2D eigenvalue weighted by molar-refractivity contribution is -0.131. The van der Waals surface area contributed by atoms with Gasteiger partial charge in [0.2, 0.25) is 0 Å². The zero-order valence-corrected chi connectivity index (χ0v) is 4.95. The molecular formula is C5H5F4N. The van der Waals surface area contributed by atoms with Crippen LogP contribution in [0.4, 0.5) is 17.6 Å². The summed E-state index contributed by atoms with van der Waals surface area (Å²) in [6.45, 7) is 0. The molecule has 0 N–H and O–H groups in total. The zero-order chi connectivity index (χ0) is 8.20. The molecule has 0 saturated carbocycles. The summed E-state index contributed by atoms with van der Waals surface area (Å²) in [7, 11) is 0. The van der Waals surface area contributed by atoms with E-state index in [1.165, 1.54) is 6.07 Å². The minimum Gasteiger partial charge on any atom is -0.204 e. The fourth-order valence-electron chi connectivity index (χ4n) is 0.332. The topological polar surface area (TPSA) is 23.8 Å². The van der Waals surface area contributed by atoms with E-state index in [-0.39, 0.29) is 0 Å². The van der Waals surface area contributed by atoms with Crippen LogP contribution >= 0.6 is 0 Å². The molecule has 0 atom stereocenters. The van der Waals surface area contributed by atoms with Crippen LogP contribution in [0, 0.1) is 11.3 Å². The molecule has 0 aliphatic rings. The Hall–Kier alpha value is -0.790. The molecule has 0 aromatic carbocycles. The highest BCUT2D eigenvalue weighted by Crippen LogP contribution is 2.27. The zero-order valence-electron chi connectivity index (χ0n) is 4.95. The Bertz CT molecular complexity index is 137. The largest absolute Gasteiger partial charge is 0.308 e. The summed E-state index contributed by atoms with van der Waals surface area (Å²) < 4.78 is 46.2. The van der Waals surface area contributed by atoms with Gasteiger partial charge >= 0.3 is 12.3 Å². The van der Waals surface area contributed by atoms with E-state index in [1.54, 1.807) is 0 Å². The summed E-state index contributed by atoms with van der Waals surface area (Å²) in [5.74, 6) is -4.00. The SMILES string of the molecule is N#CCCC(F)(F)C(F)F. The molecule has 0 aromatic rings. The van der Waals surface area contributed by atoms with Gasteiger partial charge in [-0.3, -0.25) is 0 Å². The minimum atomic E-state index is -4.00. The van der Waals surface area contributed by atoms with Crippen molar-refractivity contribution in [1.29, 1.82) is 5.26 Å². The number of rotatable bonds is 3. The first-order chi connectivity index (χ1) is 4.50. The van der Waals surface area contributed by atoms with Crippen LogP contribution in [0.5, 0.6) is 0 Å². The highest BCUT2D eigenvalue weighted by atomic mass is 19.3. The Morgan fingerprint density at radius 2 is 1.90 bits per heavy atom. The first-order valence-corrected chi connectivity index (χ1v) is 2.53. The van der Waals surface area contributed by atoms with Crippen molar-refractivity contribution in [2.24, 2.45) is 0 Å². The molecule has 58 valence electrons. The molecule has 0 spiro atoms. The summed E-state index contributed by atoms with van der Waals surface area (Å²) in [5.41, 5.74) is 0. The predicted octanol–water partition coefficient (Wildman–Crippen LogP) is 2.19. The van der Waals surface area contributed by atoms with Crippen LogP contribution in [-0.2, 0) is 0 Å². The van der Waals surface area contributed by atoms with E-state index in [2.05, 4.69) is 0 Å². The lowest BCUT2D eigenvalue weighted by Crippen LogP contribution is -2.25. The molecule has 10 heavy (non-hydrogen) atoms.